The minimum atomic E-state index is -0.269. The number of hydrogen-bond donors (Lipinski definition) is 0. The predicted octanol–water partition coefficient (Wildman–Crippen LogP) is 5.36. The molecule has 0 radical (unpaired) electrons. The summed E-state index contributed by atoms with van der Waals surface area (Å²) in [5.74, 6) is 0.385. The number of pyridine rings is 1. The molecule has 4 nitrogen and oxygen atoms in total. The van der Waals surface area contributed by atoms with Crippen LogP contribution in [0.2, 0.25) is 5.15 Å². The van der Waals surface area contributed by atoms with Crippen molar-refractivity contribution in [2.24, 2.45) is 0 Å². The Bertz CT molecular complexity index is 928. The molecule has 2 aromatic carbocycles. The van der Waals surface area contributed by atoms with Crippen molar-refractivity contribution in [1.29, 1.82) is 0 Å². The molecule has 0 bridgehead atoms. The molecule has 162 valence electrons. The third kappa shape index (κ3) is 5.71. The molecule has 0 unspecified atom stereocenters. The smallest absolute Gasteiger partial charge is 0.131 e. The Morgan fingerprint density at radius 2 is 1.39 bits per heavy atom. The minimum Gasteiger partial charge on any atom is -0.354 e. The lowest BCUT2D eigenvalue weighted by Crippen LogP contribution is -2.47. The first-order chi connectivity index (χ1) is 15.1. The first-order valence-corrected chi connectivity index (χ1v) is 10.8. The molecule has 1 aliphatic heterocycles. The number of piperazine rings is 1. The zero-order valence-corrected chi connectivity index (χ0v) is 18.0. The van der Waals surface area contributed by atoms with Gasteiger partial charge < -0.3 is 9.80 Å². The number of benzene rings is 2. The maximum Gasteiger partial charge on any atom is 0.131 e. The molecule has 2 heterocycles. The van der Waals surface area contributed by atoms with Crippen molar-refractivity contribution in [2.75, 3.05) is 49.1 Å². The summed E-state index contributed by atoms with van der Waals surface area (Å²) in [6.45, 7) is 5.45. The molecule has 0 aliphatic carbocycles. The van der Waals surface area contributed by atoms with Gasteiger partial charge in [0.25, 0.3) is 0 Å². The molecule has 0 saturated carbocycles. The maximum absolute atomic E-state index is 13.4. The van der Waals surface area contributed by atoms with Gasteiger partial charge in [0, 0.05) is 44.1 Å². The van der Waals surface area contributed by atoms with Crippen LogP contribution < -0.4 is 9.80 Å². The SMILES string of the molecule is Fc1ccc(N(CCCN2CCN(c3cccc(Cl)n3)CC2)c2ccc(F)cc2)cc1. The number of rotatable bonds is 7. The predicted molar refractivity (Wildman–Crippen MR) is 122 cm³/mol. The highest BCUT2D eigenvalue weighted by Crippen LogP contribution is 2.26. The highest BCUT2D eigenvalue weighted by Gasteiger charge is 2.18. The van der Waals surface area contributed by atoms with Crippen LogP contribution in [0, 0.1) is 11.6 Å². The van der Waals surface area contributed by atoms with E-state index in [4.69, 9.17) is 11.6 Å². The van der Waals surface area contributed by atoms with Gasteiger partial charge in [-0.05, 0) is 73.6 Å². The number of nitrogens with zero attached hydrogens (tertiary/aromatic N) is 4. The summed E-state index contributed by atoms with van der Waals surface area (Å²) in [6.07, 6.45) is 0.935. The van der Waals surface area contributed by atoms with Gasteiger partial charge in [-0.15, -0.1) is 0 Å². The normalized spacial score (nSPS) is 14.6. The van der Waals surface area contributed by atoms with Crippen LogP contribution in [0.4, 0.5) is 26.0 Å². The number of anilines is 3. The van der Waals surface area contributed by atoms with Gasteiger partial charge in [-0.25, -0.2) is 13.8 Å². The van der Waals surface area contributed by atoms with E-state index in [1.807, 2.05) is 12.1 Å². The number of hydrogen-bond acceptors (Lipinski definition) is 4. The van der Waals surface area contributed by atoms with Gasteiger partial charge in [-0.3, -0.25) is 4.90 Å². The van der Waals surface area contributed by atoms with Gasteiger partial charge in [0.1, 0.15) is 22.6 Å². The summed E-state index contributed by atoms with van der Waals surface area (Å²) in [5, 5.41) is 0.515. The fourth-order valence-corrected chi connectivity index (χ4v) is 4.04. The van der Waals surface area contributed by atoms with E-state index in [1.165, 1.54) is 24.3 Å². The van der Waals surface area contributed by atoms with E-state index in [0.29, 0.717) is 5.15 Å². The minimum absolute atomic E-state index is 0.269. The lowest BCUT2D eigenvalue weighted by molar-refractivity contribution is 0.256. The Balaban J connectivity index is 1.34. The average molecular weight is 443 g/mol. The molecule has 0 amide bonds. The van der Waals surface area contributed by atoms with Crippen LogP contribution in [-0.4, -0.2) is 49.2 Å². The summed E-state index contributed by atoms with van der Waals surface area (Å²) in [6, 6.07) is 18.6. The van der Waals surface area contributed by atoms with E-state index in [-0.39, 0.29) is 11.6 Å². The summed E-state index contributed by atoms with van der Waals surface area (Å²) >= 11 is 6.01. The van der Waals surface area contributed by atoms with Crippen LogP contribution in [0.5, 0.6) is 0 Å². The number of aromatic nitrogens is 1. The molecule has 3 aromatic rings. The molecule has 7 heteroatoms. The molecule has 0 N–H and O–H groups in total. The van der Waals surface area contributed by atoms with Gasteiger partial charge in [-0.1, -0.05) is 17.7 Å². The van der Waals surface area contributed by atoms with Crippen LogP contribution in [0.1, 0.15) is 6.42 Å². The van der Waals surface area contributed by atoms with Crippen molar-refractivity contribution < 1.29 is 8.78 Å². The summed E-state index contributed by atoms with van der Waals surface area (Å²) in [7, 11) is 0. The van der Waals surface area contributed by atoms with E-state index >= 15 is 0 Å². The Hall–Kier alpha value is -2.70. The lowest BCUT2D eigenvalue weighted by atomic mass is 10.2. The van der Waals surface area contributed by atoms with Crippen molar-refractivity contribution in [3.05, 3.63) is 83.5 Å². The highest BCUT2D eigenvalue weighted by atomic mass is 35.5. The van der Waals surface area contributed by atoms with Crippen LogP contribution >= 0.6 is 11.6 Å². The molecule has 1 aromatic heterocycles. The fourth-order valence-electron chi connectivity index (χ4n) is 3.88. The van der Waals surface area contributed by atoms with Crippen LogP contribution in [-0.2, 0) is 0 Å². The first-order valence-electron chi connectivity index (χ1n) is 10.5. The van der Waals surface area contributed by atoms with E-state index in [0.717, 1.165) is 62.9 Å². The Morgan fingerprint density at radius 3 is 1.94 bits per heavy atom. The maximum atomic E-state index is 13.4. The molecule has 31 heavy (non-hydrogen) atoms. The molecule has 1 fully saturated rings. The first kappa shape index (κ1) is 21.5. The summed E-state index contributed by atoms with van der Waals surface area (Å²) in [5.41, 5.74) is 1.79. The van der Waals surface area contributed by atoms with Crippen molar-refractivity contribution in [3.63, 3.8) is 0 Å². The molecular formula is C24H25ClF2N4. The second-order valence-corrected chi connectivity index (χ2v) is 7.99. The monoisotopic (exact) mass is 442 g/mol. The van der Waals surface area contributed by atoms with E-state index in [9.17, 15) is 8.78 Å². The molecule has 1 saturated heterocycles. The molecular weight excluding hydrogens is 418 g/mol. The fraction of sp³-hybridized carbons (Fsp3) is 0.292. The van der Waals surface area contributed by atoms with Crippen LogP contribution in [0.3, 0.4) is 0 Å². The topological polar surface area (TPSA) is 22.6 Å². The van der Waals surface area contributed by atoms with Gasteiger partial charge in [0.2, 0.25) is 0 Å². The number of halogens is 3. The van der Waals surface area contributed by atoms with Crippen molar-refractivity contribution in [2.45, 2.75) is 6.42 Å². The zero-order valence-electron chi connectivity index (χ0n) is 17.2. The third-order valence-electron chi connectivity index (χ3n) is 5.53. The van der Waals surface area contributed by atoms with Crippen molar-refractivity contribution >= 4 is 28.8 Å². The second-order valence-electron chi connectivity index (χ2n) is 7.61. The van der Waals surface area contributed by atoms with Crippen LogP contribution in [0.25, 0.3) is 0 Å². The van der Waals surface area contributed by atoms with E-state index in [2.05, 4.69) is 19.7 Å². The molecule has 0 spiro atoms. The molecule has 4 rings (SSSR count). The third-order valence-corrected chi connectivity index (χ3v) is 5.74. The quantitative estimate of drug-likeness (QED) is 0.459. The van der Waals surface area contributed by atoms with Gasteiger partial charge in [0.05, 0.1) is 0 Å². The second kappa shape index (κ2) is 10.1. The lowest BCUT2D eigenvalue weighted by Gasteiger charge is -2.36. The Morgan fingerprint density at radius 1 is 0.806 bits per heavy atom. The summed E-state index contributed by atoms with van der Waals surface area (Å²) < 4.78 is 26.8. The molecule has 0 atom stereocenters. The van der Waals surface area contributed by atoms with Crippen molar-refractivity contribution in [1.82, 2.24) is 9.88 Å². The zero-order chi connectivity index (χ0) is 21.6. The standard InChI is InChI=1S/C24H25ClF2N4/c25-23-3-1-4-24(28-23)30-17-15-29(16-18-30)13-2-14-31(21-9-5-19(26)6-10-21)22-11-7-20(27)8-12-22/h1,3-12H,2,13-18H2. The summed E-state index contributed by atoms with van der Waals surface area (Å²) in [4.78, 5) is 11.2. The molecule has 1 aliphatic rings. The van der Waals surface area contributed by atoms with Gasteiger partial charge in [0.15, 0.2) is 0 Å². The Kier molecular flexibility index (Phi) is 6.99. The van der Waals surface area contributed by atoms with Gasteiger partial charge >= 0.3 is 0 Å². The van der Waals surface area contributed by atoms with Gasteiger partial charge in [-0.2, -0.15) is 0 Å². The average Bonchev–Trinajstić information content (AvgIpc) is 2.79. The largest absolute Gasteiger partial charge is 0.354 e. The highest BCUT2D eigenvalue weighted by molar-refractivity contribution is 6.29. The Labute approximate surface area is 186 Å². The van der Waals surface area contributed by atoms with E-state index in [1.54, 1.807) is 30.3 Å². The van der Waals surface area contributed by atoms with Crippen molar-refractivity contribution in [3.8, 4) is 0 Å². The van der Waals surface area contributed by atoms with E-state index < -0.39 is 0 Å². The van der Waals surface area contributed by atoms with Crippen LogP contribution in [0.15, 0.2) is 66.7 Å².